The highest BCUT2D eigenvalue weighted by Crippen LogP contribution is 2.19. The number of hydrogen-bond acceptors (Lipinski definition) is 4. The fourth-order valence-corrected chi connectivity index (χ4v) is 1.95. The molecular weight excluding hydrogens is 310 g/mol. The van der Waals surface area contributed by atoms with E-state index >= 15 is 0 Å². The Morgan fingerprint density at radius 3 is 2.95 bits per heavy atom. The van der Waals surface area contributed by atoms with Crippen molar-refractivity contribution in [3.05, 3.63) is 52.4 Å². The van der Waals surface area contributed by atoms with Gasteiger partial charge in [-0.05, 0) is 47.1 Å². The minimum atomic E-state index is -0.315. The van der Waals surface area contributed by atoms with E-state index in [2.05, 4.69) is 21.2 Å². The molecule has 0 saturated carbocycles. The number of halogens is 1. The van der Waals surface area contributed by atoms with Crippen molar-refractivity contribution in [2.45, 2.75) is 13.5 Å². The molecule has 1 aromatic carbocycles. The third kappa shape index (κ3) is 3.61. The Morgan fingerprint density at radius 2 is 2.26 bits per heavy atom. The summed E-state index contributed by atoms with van der Waals surface area (Å²) >= 11 is 3.39. The van der Waals surface area contributed by atoms with Gasteiger partial charge in [0.05, 0.1) is 29.5 Å². The van der Waals surface area contributed by atoms with Gasteiger partial charge in [0.15, 0.2) is 0 Å². The molecule has 0 fully saturated rings. The molecule has 0 aliphatic rings. The minimum absolute atomic E-state index is 0.315. The number of carbonyl (C=O) groups excluding carboxylic acids is 1. The molecule has 0 radical (unpaired) electrons. The summed E-state index contributed by atoms with van der Waals surface area (Å²) in [5.74, 6) is 0.492. The molecule has 19 heavy (non-hydrogen) atoms. The molecule has 0 aliphatic carbocycles. The average molecular weight is 324 g/mol. The fourth-order valence-electron chi connectivity index (χ4n) is 1.60. The number of rotatable bonds is 5. The molecule has 0 spiro atoms. The van der Waals surface area contributed by atoms with Gasteiger partial charge in [-0.3, -0.25) is 0 Å². The van der Waals surface area contributed by atoms with Gasteiger partial charge in [-0.15, -0.1) is 0 Å². The molecule has 1 N–H and O–H groups in total. The minimum Gasteiger partial charge on any atom is -0.466 e. The third-order valence-electron chi connectivity index (χ3n) is 2.52. The van der Waals surface area contributed by atoms with E-state index in [1.807, 2.05) is 18.2 Å². The van der Waals surface area contributed by atoms with Crippen LogP contribution in [0.3, 0.4) is 0 Å². The van der Waals surface area contributed by atoms with Gasteiger partial charge in [0.2, 0.25) is 0 Å². The average Bonchev–Trinajstić information content (AvgIpc) is 2.82. The SMILES string of the molecule is CCOC(=O)c1cccc(NCc2occc2Br)c1. The number of furan rings is 1. The molecule has 0 bridgehead atoms. The van der Waals surface area contributed by atoms with Gasteiger partial charge >= 0.3 is 5.97 Å². The standard InChI is InChI=1S/C14H14BrNO3/c1-2-18-14(17)10-4-3-5-11(8-10)16-9-13-12(15)6-7-19-13/h3-8,16H,2,9H2,1H3. The third-order valence-corrected chi connectivity index (χ3v) is 3.22. The van der Waals surface area contributed by atoms with E-state index in [1.165, 1.54) is 0 Å². The van der Waals surface area contributed by atoms with Crippen LogP contribution in [-0.4, -0.2) is 12.6 Å². The van der Waals surface area contributed by atoms with Gasteiger partial charge in [0.1, 0.15) is 5.76 Å². The number of anilines is 1. The molecule has 100 valence electrons. The van der Waals surface area contributed by atoms with Crippen LogP contribution in [0, 0.1) is 0 Å². The molecule has 0 atom stereocenters. The normalized spacial score (nSPS) is 10.2. The van der Waals surface area contributed by atoms with Crippen LogP contribution in [0.1, 0.15) is 23.0 Å². The Kier molecular flexibility index (Phi) is 4.63. The summed E-state index contributed by atoms with van der Waals surface area (Å²) in [5.41, 5.74) is 1.37. The molecule has 2 rings (SSSR count). The van der Waals surface area contributed by atoms with Crippen molar-refractivity contribution in [2.75, 3.05) is 11.9 Å². The lowest BCUT2D eigenvalue weighted by molar-refractivity contribution is 0.0526. The van der Waals surface area contributed by atoms with Crippen molar-refractivity contribution < 1.29 is 13.9 Å². The van der Waals surface area contributed by atoms with Crippen LogP contribution in [0.5, 0.6) is 0 Å². The number of benzene rings is 1. The van der Waals surface area contributed by atoms with Crippen molar-refractivity contribution in [3.63, 3.8) is 0 Å². The first-order valence-electron chi connectivity index (χ1n) is 5.93. The van der Waals surface area contributed by atoms with Gasteiger partial charge < -0.3 is 14.5 Å². The maximum Gasteiger partial charge on any atom is 0.338 e. The first-order valence-corrected chi connectivity index (χ1v) is 6.73. The summed E-state index contributed by atoms with van der Waals surface area (Å²) in [6, 6.07) is 9.03. The monoisotopic (exact) mass is 323 g/mol. The van der Waals surface area contributed by atoms with Crippen LogP contribution in [0.2, 0.25) is 0 Å². The predicted octanol–water partition coefficient (Wildman–Crippen LogP) is 3.83. The lowest BCUT2D eigenvalue weighted by atomic mass is 10.2. The van der Waals surface area contributed by atoms with Gasteiger partial charge in [0, 0.05) is 5.69 Å². The molecule has 0 saturated heterocycles. The Labute approximate surface area is 119 Å². The van der Waals surface area contributed by atoms with Crippen molar-refractivity contribution >= 4 is 27.6 Å². The van der Waals surface area contributed by atoms with E-state index in [0.29, 0.717) is 18.7 Å². The molecule has 4 nitrogen and oxygen atoms in total. The summed E-state index contributed by atoms with van der Waals surface area (Å²) in [4.78, 5) is 11.6. The highest BCUT2D eigenvalue weighted by Gasteiger charge is 2.07. The molecular formula is C14H14BrNO3. The largest absolute Gasteiger partial charge is 0.466 e. The molecule has 0 unspecified atom stereocenters. The maximum atomic E-state index is 11.6. The number of nitrogens with one attached hydrogen (secondary N) is 1. The number of esters is 1. The van der Waals surface area contributed by atoms with Crippen LogP contribution in [0.4, 0.5) is 5.69 Å². The van der Waals surface area contributed by atoms with E-state index in [-0.39, 0.29) is 5.97 Å². The highest BCUT2D eigenvalue weighted by atomic mass is 79.9. The zero-order valence-electron chi connectivity index (χ0n) is 10.5. The van der Waals surface area contributed by atoms with E-state index in [9.17, 15) is 4.79 Å². The summed E-state index contributed by atoms with van der Waals surface area (Å²) in [5, 5.41) is 3.19. The molecule has 1 aromatic heterocycles. The zero-order valence-corrected chi connectivity index (χ0v) is 12.1. The lowest BCUT2D eigenvalue weighted by Crippen LogP contribution is -2.06. The van der Waals surface area contributed by atoms with Crippen LogP contribution in [0.25, 0.3) is 0 Å². The Hall–Kier alpha value is -1.75. The number of hydrogen-bond donors (Lipinski definition) is 1. The van der Waals surface area contributed by atoms with Crippen molar-refractivity contribution in [1.29, 1.82) is 0 Å². The van der Waals surface area contributed by atoms with Crippen molar-refractivity contribution in [3.8, 4) is 0 Å². The lowest BCUT2D eigenvalue weighted by Gasteiger charge is -2.07. The quantitative estimate of drug-likeness (QED) is 0.849. The van der Waals surface area contributed by atoms with Gasteiger partial charge in [-0.1, -0.05) is 6.07 Å². The van der Waals surface area contributed by atoms with E-state index in [0.717, 1.165) is 15.9 Å². The first-order chi connectivity index (χ1) is 9.20. The Morgan fingerprint density at radius 1 is 1.42 bits per heavy atom. The molecule has 0 aliphatic heterocycles. The van der Waals surface area contributed by atoms with Crippen LogP contribution < -0.4 is 5.32 Å². The topological polar surface area (TPSA) is 51.5 Å². The predicted molar refractivity (Wildman–Crippen MR) is 76.1 cm³/mol. The van der Waals surface area contributed by atoms with Gasteiger partial charge in [0.25, 0.3) is 0 Å². The van der Waals surface area contributed by atoms with E-state index < -0.39 is 0 Å². The van der Waals surface area contributed by atoms with E-state index in [1.54, 1.807) is 25.3 Å². The molecule has 0 amide bonds. The van der Waals surface area contributed by atoms with Crippen molar-refractivity contribution in [1.82, 2.24) is 0 Å². The molecule has 1 heterocycles. The highest BCUT2D eigenvalue weighted by molar-refractivity contribution is 9.10. The number of carbonyl (C=O) groups is 1. The summed E-state index contributed by atoms with van der Waals surface area (Å²) < 4.78 is 11.2. The van der Waals surface area contributed by atoms with E-state index in [4.69, 9.17) is 9.15 Å². The number of ether oxygens (including phenoxy) is 1. The van der Waals surface area contributed by atoms with Crippen molar-refractivity contribution in [2.24, 2.45) is 0 Å². The second kappa shape index (κ2) is 6.43. The first kappa shape index (κ1) is 13.7. The van der Waals surface area contributed by atoms with Crippen LogP contribution >= 0.6 is 15.9 Å². The van der Waals surface area contributed by atoms with Gasteiger partial charge in [-0.25, -0.2) is 4.79 Å². The van der Waals surface area contributed by atoms with Crippen LogP contribution in [-0.2, 0) is 11.3 Å². The Bertz CT molecular complexity index is 565. The summed E-state index contributed by atoms with van der Waals surface area (Å²) in [6.07, 6.45) is 1.62. The maximum absolute atomic E-state index is 11.6. The second-order valence-corrected chi connectivity index (χ2v) is 4.70. The summed E-state index contributed by atoms with van der Waals surface area (Å²) in [6.45, 7) is 2.70. The molecule has 5 heteroatoms. The fraction of sp³-hybridized carbons (Fsp3) is 0.214. The van der Waals surface area contributed by atoms with Crippen LogP contribution in [0.15, 0.2) is 45.5 Å². The molecule has 2 aromatic rings. The smallest absolute Gasteiger partial charge is 0.338 e. The zero-order chi connectivity index (χ0) is 13.7. The summed E-state index contributed by atoms with van der Waals surface area (Å²) in [7, 11) is 0. The second-order valence-electron chi connectivity index (χ2n) is 3.85. The van der Waals surface area contributed by atoms with Gasteiger partial charge in [-0.2, -0.15) is 0 Å². The Balaban J connectivity index is 2.03.